The van der Waals surface area contributed by atoms with Crippen LogP contribution in [0.25, 0.3) is 0 Å². The summed E-state index contributed by atoms with van der Waals surface area (Å²) in [6.45, 7) is 19.1. The third-order valence-electron chi connectivity index (χ3n) is 10.8. The third kappa shape index (κ3) is 5.98. The molecule has 0 heterocycles. The van der Waals surface area contributed by atoms with E-state index in [-0.39, 0.29) is 10.1 Å². The summed E-state index contributed by atoms with van der Waals surface area (Å²) in [7, 11) is -5.79. The van der Waals surface area contributed by atoms with Gasteiger partial charge in [0.15, 0.2) is 21.9 Å². The first-order valence-corrected chi connectivity index (χ1v) is 22.2. The number of ketones is 1. The first-order chi connectivity index (χ1) is 23.0. The number of benzene rings is 4. The van der Waals surface area contributed by atoms with Gasteiger partial charge < -0.3 is 0 Å². The topological polar surface area (TPSA) is 17.1 Å². The predicted octanol–water partition coefficient (Wildman–Crippen LogP) is 9.75. The Balaban J connectivity index is 2.06. The van der Waals surface area contributed by atoms with Gasteiger partial charge in [-0.3, -0.25) is 4.79 Å². The van der Waals surface area contributed by atoms with E-state index in [2.05, 4.69) is 177 Å². The van der Waals surface area contributed by atoms with Gasteiger partial charge in [-0.05, 0) is 72.8 Å². The standard InChI is InChI=1S/C45H56OSi2/c1-9-11-33-39-41(46)43(48(45(6,7)8,37-29-21-15-22-30-37)38-31-23-16-24-32-38)40(34-12-10-2)42(39)47(44(3,4)5,35-25-17-13-18-26-35)36-27-19-14-20-28-36/h13-32H,9-12,33-34H2,1-8H3. The van der Waals surface area contributed by atoms with Crippen LogP contribution in [0.3, 0.4) is 0 Å². The lowest BCUT2D eigenvalue weighted by atomic mass is 10.1. The van der Waals surface area contributed by atoms with Crippen LogP contribution in [0, 0.1) is 0 Å². The Kier molecular flexibility index (Phi) is 10.8. The Hall–Kier alpha value is -3.54. The number of hydrogen-bond donors (Lipinski definition) is 0. The average molecular weight is 669 g/mol. The highest BCUT2D eigenvalue weighted by Crippen LogP contribution is 2.53. The van der Waals surface area contributed by atoms with Crippen molar-refractivity contribution in [3.05, 3.63) is 143 Å². The normalized spacial score (nSPS) is 14.6. The largest absolute Gasteiger partial charge is 0.290 e. The van der Waals surface area contributed by atoms with Crippen molar-refractivity contribution in [2.24, 2.45) is 0 Å². The van der Waals surface area contributed by atoms with Crippen LogP contribution in [0.4, 0.5) is 0 Å². The van der Waals surface area contributed by atoms with E-state index >= 15 is 4.79 Å². The maximum absolute atomic E-state index is 16.0. The zero-order chi connectivity index (χ0) is 34.6. The predicted molar refractivity (Wildman–Crippen MR) is 213 cm³/mol. The lowest BCUT2D eigenvalue weighted by molar-refractivity contribution is -0.111. The summed E-state index contributed by atoms with van der Waals surface area (Å²) in [6.07, 6.45) is 5.97. The summed E-state index contributed by atoms with van der Waals surface area (Å²) in [5.74, 6) is 0.340. The Labute approximate surface area is 293 Å². The number of allylic oxidation sites excluding steroid dienone is 4. The Bertz CT molecular complexity index is 1660. The highest BCUT2D eigenvalue weighted by atomic mass is 28.3. The molecule has 0 aromatic heterocycles. The second-order valence-electron chi connectivity index (χ2n) is 15.7. The maximum atomic E-state index is 16.0. The molecule has 0 N–H and O–H groups in total. The van der Waals surface area contributed by atoms with Crippen molar-refractivity contribution in [2.45, 2.75) is 104 Å². The minimum atomic E-state index is -2.94. The summed E-state index contributed by atoms with van der Waals surface area (Å²) in [6, 6.07) is 44.9. The summed E-state index contributed by atoms with van der Waals surface area (Å²) in [4.78, 5) is 16.0. The zero-order valence-corrected chi connectivity index (χ0v) is 32.7. The molecule has 1 aliphatic carbocycles. The van der Waals surface area contributed by atoms with Gasteiger partial charge in [-0.15, -0.1) is 0 Å². The van der Waals surface area contributed by atoms with E-state index in [4.69, 9.17) is 0 Å². The number of carbonyl (C=O) groups is 1. The minimum Gasteiger partial charge on any atom is -0.290 e. The Morgan fingerprint density at radius 1 is 0.438 bits per heavy atom. The molecule has 48 heavy (non-hydrogen) atoms. The summed E-state index contributed by atoms with van der Waals surface area (Å²) >= 11 is 0. The molecule has 1 nitrogen and oxygen atoms in total. The van der Waals surface area contributed by atoms with Gasteiger partial charge in [0.05, 0.1) is 0 Å². The molecule has 0 bridgehead atoms. The van der Waals surface area contributed by atoms with E-state index in [0.717, 1.165) is 49.3 Å². The van der Waals surface area contributed by atoms with Gasteiger partial charge in [-0.1, -0.05) is 190 Å². The SMILES string of the molecule is CCCCC1=C([Si](c2ccccc2)(c2ccccc2)C(C)(C)C)C(=O)C(CCCC)=C1[Si](c1ccccc1)(c1ccccc1)C(C)(C)C. The second kappa shape index (κ2) is 14.5. The molecule has 4 aromatic carbocycles. The van der Waals surface area contributed by atoms with Crippen LogP contribution in [-0.2, 0) is 4.79 Å². The number of hydrogen-bond acceptors (Lipinski definition) is 1. The fourth-order valence-electron chi connectivity index (χ4n) is 8.90. The van der Waals surface area contributed by atoms with Crippen molar-refractivity contribution in [3.8, 4) is 0 Å². The molecule has 1 aliphatic rings. The number of Topliss-reactive ketones (excluding diaryl/α,β-unsaturated/α-hetero) is 1. The molecule has 5 rings (SSSR count). The van der Waals surface area contributed by atoms with Crippen molar-refractivity contribution in [1.82, 2.24) is 0 Å². The van der Waals surface area contributed by atoms with Gasteiger partial charge in [-0.2, -0.15) is 0 Å². The van der Waals surface area contributed by atoms with Gasteiger partial charge in [0.2, 0.25) is 0 Å². The van der Waals surface area contributed by atoms with E-state index in [1.54, 1.807) is 0 Å². The molecule has 0 fully saturated rings. The Morgan fingerprint density at radius 3 is 1.02 bits per heavy atom. The van der Waals surface area contributed by atoms with Crippen molar-refractivity contribution < 1.29 is 4.79 Å². The molecule has 0 radical (unpaired) electrons. The van der Waals surface area contributed by atoms with Gasteiger partial charge in [-0.25, -0.2) is 0 Å². The van der Waals surface area contributed by atoms with Gasteiger partial charge in [0.25, 0.3) is 0 Å². The monoisotopic (exact) mass is 668 g/mol. The molecule has 0 atom stereocenters. The fourth-order valence-corrected chi connectivity index (χ4v) is 21.2. The molecule has 0 saturated heterocycles. The number of rotatable bonds is 12. The van der Waals surface area contributed by atoms with Gasteiger partial charge in [0, 0.05) is 5.20 Å². The van der Waals surface area contributed by atoms with Crippen LogP contribution in [0.1, 0.15) is 93.9 Å². The second-order valence-corrected chi connectivity index (χ2v) is 25.0. The van der Waals surface area contributed by atoms with Crippen molar-refractivity contribution in [2.75, 3.05) is 0 Å². The molecule has 0 aliphatic heterocycles. The third-order valence-corrected chi connectivity index (χ3v) is 22.7. The van der Waals surface area contributed by atoms with E-state index in [0.29, 0.717) is 5.78 Å². The first kappa shape index (κ1) is 35.8. The summed E-state index contributed by atoms with van der Waals surface area (Å²) in [5.41, 5.74) is 2.50. The number of unbranched alkanes of at least 4 members (excludes halogenated alkanes) is 2. The van der Waals surface area contributed by atoms with Crippen LogP contribution in [0.2, 0.25) is 10.1 Å². The minimum absolute atomic E-state index is 0.110. The lowest BCUT2D eigenvalue weighted by Gasteiger charge is -2.48. The van der Waals surface area contributed by atoms with E-state index < -0.39 is 16.1 Å². The molecular weight excluding hydrogens is 613 g/mol. The first-order valence-electron chi connectivity index (χ1n) is 18.2. The fraction of sp³-hybridized carbons (Fsp3) is 0.356. The average Bonchev–Trinajstić information content (AvgIpc) is 3.34. The molecular formula is C45H56OSi2. The molecule has 0 amide bonds. The van der Waals surface area contributed by atoms with Crippen molar-refractivity contribution >= 4 is 42.7 Å². The molecule has 4 aromatic rings. The zero-order valence-electron chi connectivity index (χ0n) is 30.7. The molecule has 3 heteroatoms. The number of carbonyl (C=O) groups excluding carboxylic acids is 1. The van der Waals surface area contributed by atoms with Gasteiger partial charge >= 0.3 is 0 Å². The summed E-state index contributed by atoms with van der Waals surface area (Å²) < 4.78 is 0. The smallest absolute Gasteiger partial charge is 0.182 e. The summed E-state index contributed by atoms with van der Waals surface area (Å²) in [5, 5.41) is 7.78. The Morgan fingerprint density at radius 2 is 0.729 bits per heavy atom. The molecule has 250 valence electrons. The van der Waals surface area contributed by atoms with Crippen LogP contribution >= 0.6 is 0 Å². The lowest BCUT2D eigenvalue weighted by Crippen LogP contribution is -2.67. The van der Waals surface area contributed by atoms with E-state index in [9.17, 15) is 0 Å². The van der Waals surface area contributed by atoms with Crippen LogP contribution in [0.5, 0.6) is 0 Å². The molecule has 0 unspecified atom stereocenters. The van der Waals surface area contributed by atoms with Crippen LogP contribution in [-0.4, -0.2) is 21.9 Å². The van der Waals surface area contributed by atoms with E-state index in [1.807, 2.05) is 0 Å². The molecule has 0 spiro atoms. The van der Waals surface area contributed by atoms with E-state index in [1.165, 1.54) is 31.5 Å². The molecule has 0 saturated carbocycles. The van der Waals surface area contributed by atoms with Crippen LogP contribution < -0.4 is 20.7 Å². The van der Waals surface area contributed by atoms with Crippen LogP contribution in [0.15, 0.2) is 143 Å². The maximum Gasteiger partial charge on any atom is 0.182 e. The van der Waals surface area contributed by atoms with Crippen molar-refractivity contribution in [1.29, 1.82) is 0 Å². The van der Waals surface area contributed by atoms with Crippen molar-refractivity contribution in [3.63, 3.8) is 0 Å². The quantitative estimate of drug-likeness (QED) is 0.137. The van der Waals surface area contributed by atoms with Gasteiger partial charge in [0.1, 0.15) is 0 Å². The highest BCUT2D eigenvalue weighted by Gasteiger charge is 2.60. The highest BCUT2D eigenvalue weighted by molar-refractivity contribution is 7.14.